The third-order valence-electron chi connectivity index (χ3n) is 2.69. The van der Waals surface area contributed by atoms with E-state index in [1.807, 2.05) is 20.1 Å². The van der Waals surface area contributed by atoms with E-state index in [0.29, 0.717) is 12.4 Å². The lowest BCUT2D eigenvalue weighted by molar-refractivity contribution is 0.273. The zero-order valence-corrected chi connectivity index (χ0v) is 11.1. The molecule has 0 radical (unpaired) electrons. The van der Waals surface area contributed by atoms with E-state index < -0.39 is 0 Å². The van der Waals surface area contributed by atoms with Crippen LogP contribution in [-0.2, 0) is 6.54 Å². The van der Waals surface area contributed by atoms with Crippen LogP contribution in [0, 0.1) is 13.8 Å². The van der Waals surface area contributed by atoms with Gasteiger partial charge in [0.2, 0.25) is 5.89 Å². The summed E-state index contributed by atoms with van der Waals surface area (Å²) in [4.78, 5) is 4.29. The van der Waals surface area contributed by atoms with Crippen LogP contribution < -0.4 is 5.32 Å². The fourth-order valence-corrected chi connectivity index (χ4v) is 2.08. The molecule has 1 rings (SSSR count). The van der Waals surface area contributed by atoms with Gasteiger partial charge in [-0.3, -0.25) is 0 Å². The number of nitrogens with one attached hydrogen (secondary N) is 1. The molecule has 4 nitrogen and oxygen atoms in total. The minimum atomic E-state index is 0.180. The number of aryl methyl sites for hydroxylation is 2. The van der Waals surface area contributed by atoms with E-state index in [1.165, 1.54) is 0 Å². The van der Waals surface area contributed by atoms with E-state index in [4.69, 9.17) is 9.52 Å². The number of hydrogen-bond donors (Lipinski definition) is 2. The van der Waals surface area contributed by atoms with Crippen LogP contribution in [0.5, 0.6) is 0 Å². The van der Waals surface area contributed by atoms with Crippen LogP contribution in [0.3, 0.4) is 0 Å². The van der Waals surface area contributed by atoms with Crippen LogP contribution >= 0.6 is 11.8 Å². The second-order valence-electron chi connectivity index (χ2n) is 3.88. The number of thioether (sulfide) groups is 1. The first-order valence-corrected chi connectivity index (χ1v) is 6.67. The smallest absolute Gasteiger partial charge is 0.208 e. The highest BCUT2D eigenvalue weighted by Crippen LogP contribution is 2.12. The summed E-state index contributed by atoms with van der Waals surface area (Å²) in [5.41, 5.74) is 0.938. The summed E-state index contributed by atoms with van der Waals surface area (Å²) >= 11 is 1.66. The van der Waals surface area contributed by atoms with Gasteiger partial charge in [0.1, 0.15) is 5.76 Å². The first-order chi connectivity index (χ1) is 7.58. The van der Waals surface area contributed by atoms with Gasteiger partial charge < -0.3 is 14.8 Å². The lowest BCUT2D eigenvalue weighted by Gasteiger charge is -2.20. The van der Waals surface area contributed by atoms with Gasteiger partial charge in [-0.05, 0) is 27.0 Å². The van der Waals surface area contributed by atoms with Crippen molar-refractivity contribution >= 4 is 11.8 Å². The second-order valence-corrected chi connectivity index (χ2v) is 4.95. The molecule has 2 unspecified atom stereocenters. The van der Waals surface area contributed by atoms with Crippen LogP contribution in [0.15, 0.2) is 4.42 Å². The average Bonchev–Trinajstić information content (AvgIpc) is 2.57. The summed E-state index contributed by atoms with van der Waals surface area (Å²) in [6.45, 7) is 6.68. The van der Waals surface area contributed by atoms with Crippen molar-refractivity contribution in [1.82, 2.24) is 10.3 Å². The molecule has 0 amide bonds. The summed E-state index contributed by atoms with van der Waals surface area (Å²) < 4.78 is 5.47. The Bertz CT molecular complexity index is 304. The lowest BCUT2D eigenvalue weighted by Crippen LogP contribution is -2.37. The molecule has 0 spiro atoms. The normalized spacial score (nSPS) is 15.1. The maximum atomic E-state index is 9.14. The van der Waals surface area contributed by atoms with Gasteiger partial charge in [-0.25, -0.2) is 4.98 Å². The maximum absolute atomic E-state index is 9.14. The Morgan fingerprint density at radius 1 is 1.50 bits per heavy atom. The first-order valence-electron chi connectivity index (χ1n) is 5.38. The van der Waals surface area contributed by atoms with E-state index in [2.05, 4.69) is 17.2 Å². The Balaban J connectivity index is 2.45. The molecule has 2 atom stereocenters. The van der Waals surface area contributed by atoms with Crippen molar-refractivity contribution in [1.29, 1.82) is 0 Å². The molecule has 0 aliphatic carbocycles. The summed E-state index contributed by atoms with van der Waals surface area (Å²) in [6.07, 6.45) is 2.00. The van der Waals surface area contributed by atoms with Gasteiger partial charge in [0.05, 0.1) is 18.8 Å². The van der Waals surface area contributed by atoms with Crippen molar-refractivity contribution in [3.8, 4) is 0 Å². The largest absolute Gasteiger partial charge is 0.444 e. The van der Waals surface area contributed by atoms with Crippen molar-refractivity contribution in [3.63, 3.8) is 0 Å². The Morgan fingerprint density at radius 2 is 2.19 bits per heavy atom. The zero-order chi connectivity index (χ0) is 12.1. The second kappa shape index (κ2) is 6.27. The van der Waals surface area contributed by atoms with Crippen LogP contribution in [0.25, 0.3) is 0 Å². The predicted molar refractivity (Wildman–Crippen MR) is 66.7 cm³/mol. The van der Waals surface area contributed by atoms with E-state index in [0.717, 1.165) is 11.5 Å². The molecule has 2 N–H and O–H groups in total. The van der Waals surface area contributed by atoms with E-state index in [-0.39, 0.29) is 17.9 Å². The number of aromatic nitrogens is 1. The van der Waals surface area contributed by atoms with E-state index >= 15 is 0 Å². The highest BCUT2D eigenvalue weighted by molar-refractivity contribution is 7.99. The van der Waals surface area contributed by atoms with Crippen LogP contribution in [0.4, 0.5) is 0 Å². The minimum absolute atomic E-state index is 0.180. The Morgan fingerprint density at radius 3 is 2.62 bits per heavy atom. The topological polar surface area (TPSA) is 58.3 Å². The summed E-state index contributed by atoms with van der Waals surface area (Å²) in [5.74, 6) is 1.58. The Labute approximate surface area is 101 Å². The molecule has 0 aliphatic rings. The maximum Gasteiger partial charge on any atom is 0.208 e. The van der Waals surface area contributed by atoms with Crippen molar-refractivity contribution in [3.05, 3.63) is 17.3 Å². The number of oxazole rings is 1. The zero-order valence-electron chi connectivity index (χ0n) is 10.3. The van der Waals surface area contributed by atoms with Crippen molar-refractivity contribution in [2.45, 2.75) is 38.6 Å². The van der Waals surface area contributed by atoms with Gasteiger partial charge in [-0.1, -0.05) is 0 Å². The molecule has 0 aromatic carbocycles. The quantitative estimate of drug-likeness (QED) is 0.794. The third kappa shape index (κ3) is 3.50. The molecular formula is C11H20N2O2S. The molecule has 0 fully saturated rings. The van der Waals surface area contributed by atoms with Crippen LogP contribution in [0.2, 0.25) is 0 Å². The monoisotopic (exact) mass is 244 g/mol. The first kappa shape index (κ1) is 13.5. The number of aliphatic hydroxyl groups is 1. The summed E-state index contributed by atoms with van der Waals surface area (Å²) in [5, 5.41) is 12.7. The number of rotatable bonds is 6. The van der Waals surface area contributed by atoms with Crippen LogP contribution in [0.1, 0.15) is 24.3 Å². The lowest BCUT2D eigenvalue weighted by atomic mass is 10.2. The van der Waals surface area contributed by atoms with E-state index in [1.54, 1.807) is 11.8 Å². The molecule has 0 saturated heterocycles. The summed E-state index contributed by atoms with van der Waals surface area (Å²) in [6, 6.07) is 0.229. The molecule has 0 saturated carbocycles. The molecule has 1 heterocycles. The molecule has 0 bridgehead atoms. The standard InChI is InChI=1S/C11H20N2O2S/c1-7-9(3)15-11(13-7)5-12-8(2)10(6-14)16-4/h8,10,12,14H,5-6H2,1-4H3. The molecule has 1 aromatic rings. The predicted octanol–water partition coefficient (Wildman–Crippen LogP) is 1.49. The van der Waals surface area contributed by atoms with E-state index in [9.17, 15) is 0 Å². The van der Waals surface area contributed by atoms with Gasteiger partial charge in [0.25, 0.3) is 0 Å². The van der Waals surface area contributed by atoms with Gasteiger partial charge in [0.15, 0.2) is 0 Å². The average molecular weight is 244 g/mol. The molecule has 5 heteroatoms. The summed E-state index contributed by atoms with van der Waals surface area (Å²) in [7, 11) is 0. The molecular weight excluding hydrogens is 224 g/mol. The van der Waals surface area contributed by atoms with Gasteiger partial charge in [-0.15, -0.1) is 0 Å². The SMILES string of the molecule is CSC(CO)C(C)NCc1nc(C)c(C)o1. The number of hydrogen-bond acceptors (Lipinski definition) is 5. The molecule has 1 aromatic heterocycles. The highest BCUT2D eigenvalue weighted by atomic mass is 32.2. The Hall–Kier alpha value is -0.520. The molecule has 0 aliphatic heterocycles. The highest BCUT2D eigenvalue weighted by Gasteiger charge is 2.15. The fraction of sp³-hybridized carbons (Fsp3) is 0.727. The van der Waals surface area contributed by atoms with Crippen LogP contribution in [-0.4, -0.2) is 34.2 Å². The molecule has 92 valence electrons. The Kier molecular flexibility index (Phi) is 5.31. The third-order valence-corrected chi connectivity index (χ3v) is 3.85. The van der Waals surface area contributed by atoms with Crippen molar-refractivity contribution in [2.75, 3.05) is 12.9 Å². The van der Waals surface area contributed by atoms with Crippen molar-refractivity contribution in [2.24, 2.45) is 0 Å². The minimum Gasteiger partial charge on any atom is -0.444 e. The fourth-order valence-electron chi connectivity index (χ4n) is 1.43. The number of nitrogens with zero attached hydrogens (tertiary/aromatic N) is 1. The van der Waals surface area contributed by atoms with Gasteiger partial charge in [-0.2, -0.15) is 11.8 Å². The van der Waals surface area contributed by atoms with Gasteiger partial charge >= 0.3 is 0 Å². The number of aliphatic hydroxyl groups excluding tert-OH is 1. The van der Waals surface area contributed by atoms with Gasteiger partial charge in [0, 0.05) is 11.3 Å². The van der Waals surface area contributed by atoms with Crippen molar-refractivity contribution < 1.29 is 9.52 Å². The molecule has 16 heavy (non-hydrogen) atoms.